The molecule has 3 nitrogen and oxygen atoms in total. The van der Waals surface area contributed by atoms with Crippen molar-refractivity contribution in [2.75, 3.05) is 13.7 Å². The van der Waals surface area contributed by atoms with Crippen molar-refractivity contribution in [2.45, 2.75) is 38.8 Å². The summed E-state index contributed by atoms with van der Waals surface area (Å²) in [6.45, 7) is 3.65. The van der Waals surface area contributed by atoms with Crippen LogP contribution < -0.4 is 0 Å². The number of piperidine rings is 1. The molecule has 1 saturated heterocycles. The number of hydrogen-bond donors (Lipinski definition) is 0. The molecule has 0 saturated carbocycles. The highest BCUT2D eigenvalue weighted by Crippen LogP contribution is 2.24. The third kappa shape index (κ3) is 3.48. The van der Waals surface area contributed by atoms with E-state index in [1.807, 2.05) is 19.1 Å². The van der Waals surface area contributed by atoms with Gasteiger partial charge in [-0.1, -0.05) is 30.2 Å². The first-order valence-electron chi connectivity index (χ1n) is 6.68. The molecule has 0 spiro atoms. The molecule has 4 heteroatoms. The lowest BCUT2D eigenvalue weighted by atomic mass is 10.0. The number of methoxy groups -OCH3 is 1. The predicted molar refractivity (Wildman–Crippen MR) is 76.3 cm³/mol. The van der Waals surface area contributed by atoms with E-state index in [-0.39, 0.29) is 12.0 Å². The number of hydrogen-bond acceptors (Lipinski definition) is 3. The summed E-state index contributed by atoms with van der Waals surface area (Å²) in [7, 11) is 1.45. The summed E-state index contributed by atoms with van der Waals surface area (Å²) in [4.78, 5) is 14.0. The minimum Gasteiger partial charge on any atom is -0.468 e. The maximum Gasteiger partial charge on any atom is 0.323 e. The van der Waals surface area contributed by atoms with Crippen LogP contribution in [0.3, 0.4) is 0 Å². The zero-order valence-electron chi connectivity index (χ0n) is 11.5. The van der Waals surface area contributed by atoms with Gasteiger partial charge in [-0.3, -0.25) is 9.69 Å². The Kier molecular flexibility index (Phi) is 4.83. The van der Waals surface area contributed by atoms with E-state index < -0.39 is 0 Å². The number of esters is 1. The van der Waals surface area contributed by atoms with Gasteiger partial charge in [0.05, 0.1) is 7.11 Å². The fourth-order valence-corrected chi connectivity index (χ4v) is 2.88. The van der Waals surface area contributed by atoms with Gasteiger partial charge in [-0.2, -0.15) is 0 Å². The Morgan fingerprint density at radius 3 is 2.95 bits per heavy atom. The van der Waals surface area contributed by atoms with E-state index in [9.17, 15) is 4.79 Å². The van der Waals surface area contributed by atoms with Gasteiger partial charge in [-0.25, -0.2) is 0 Å². The van der Waals surface area contributed by atoms with E-state index in [1.165, 1.54) is 7.11 Å². The van der Waals surface area contributed by atoms with Crippen LogP contribution in [0.1, 0.15) is 30.4 Å². The second kappa shape index (κ2) is 6.40. The highest BCUT2D eigenvalue weighted by molar-refractivity contribution is 6.31. The quantitative estimate of drug-likeness (QED) is 0.797. The van der Waals surface area contributed by atoms with E-state index in [4.69, 9.17) is 16.3 Å². The summed E-state index contributed by atoms with van der Waals surface area (Å²) in [6, 6.07) is 5.93. The monoisotopic (exact) mass is 281 g/mol. The van der Waals surface area contributed by atoms with Gasteiger partial charge >= 0.3 is 5.97 Å². The summed E-state index contributed by atoms with van der Waals surface area (Å²) in [5.74, 6) is -0.136. The molecule has 0 bridgehead atoms. The van der Waals surface area contributed by atoms with Gasteiger partial charge in [0.1, 0.15) is 6.04 Å². The molecule has 1 aromatic carbocycles. The van der Waals surface area contributed by atoms with Crippen LogP contribution in [0.15, 0.2) is 18.2 Å². The number of carbonyl (C=O) groups excluding carboxylic acids is 1. The topological polar surface area (TPSA) is 29.5 Å². The standard InChI is InChI=1S/C15H20ClNO2/c1-11-6-7-12(13(16)9-11)10-17-8-4-3-5-14(17)15(18)19-2/h6-7,9,14H,3-5,8,10H2,1-2H3/t14-/m1/s1. The molecular formula is C15H20ClNO2. The predicted octanol–water partition coefficient (Wildman–Crippen LogP) is 3.18. The fourth-order valence-electron chi connectivity index (χ4n) is 2.58. The zero-order valence-corrected chi connectivity index (χ0v) is 12.2. The Bertz CT molecular complexity index is 461. The number of ether oxygens (including phenoxy) is 1. The fraction of sp³-hybridized carbons (Fsp3) is 0.533. The number of nitrogens with zero attached hydrogens (tertiary/aromatic N) is 1. The molecule has 0 aliphatic carbocycles. The number of carbonyl (C=O) groups is 1. The Labute approximate surface area is 119 Å². The summed E-state index contributed by atoms with van der Waals surface area (Å²) < 4.78 is 4.89. The van der Waals surface area contributed by atoms with Gasteiger partial charge in [-0.15, -0.1) is 0 Å². The lowest BCUT2D eigenvalue weighted by Crippen LogP contribution is -2.44. The number of benzene rings is 1. The molecule has 0 aromatic heterocycles. The van der Waals surface area contributed by atoms with Crippen LogP contribution in [0.25, 0.3) is 0 Å². The van der Waals surface area contributed by atoms with Gasteiger partial charge in [0.2, 0.25) is 0 Å². The van der Waals surface area contributed by atoms with Crippen molar-refractivity contribution in [3.8, 4) is 0 Å². The molecule has 1 aliphatic rings. The number of rotatable bonds is 3. The lowest BCUT2D eigenvalue weighted by molar-refractivity contribution is -0.148. The third-order valence-corrected chi connectivity index (χ3v) is 4.02. The van der Waals surface area contributed by atoms with Crippen molar-refractivity contribution in [1.82, 2.24) is 4.90 Å². The molecule has 1 fully saturated rings. The molecular weight excluding hydrogens is 262 g/mol. The lowest BCUT2D eigenvalue weighted by Gasteiger charge is -2.33. The Morgan fingerprint density at radius 2 is 2.26 bits per heavy atom. The highest BCUT2D eigenvalue weighted by atomic mass is 35.5. The van der Waals surface area contributed by atoms with Crippen LogP contribution in [0.4, 0.5) is 0 Å². The average molecular weight is 282 g/mol. The summed E-state index contributed by atoms with van der Waals surface area (Å²) in [5.41, 5.74) is 2.22. The van der Waals surface area contributed by atoms with Crippen LogP contribution in [0.5, 0.6) is 0 Å². The molecule has 0 radical (unpaired) electrons. The normalized spacial score (nSPS) is 20.3. The van der Waals surface area contributed by atoms with Crippen molar-refractivity contribution in [1.29, 1.82) is 0 Å². The molecule has 1 aromatic rings. The van der Waals surface area contributed by atoms with Crippen LogP contribution in [-0.2, 0) is 16.1 Å². The summed E-state index contributed by atoms with van der Waals surface area (Å²) >= 11 is 6.27. The maximum atomic E-state index is 11.8. The van der Waals surface area contributed by atoms with E-state index in [0.29, 0.717) is 6.54 Å². The maximum absolute atomic E-state index is 11.8. The van der Waals surface area contributed by atoms with Crippen molar-refractivity contribution in [3.63, 3.8) is 0 Å². The number of halogens is 1. The molecule has 104 valence electrons. The largest absolute Gasteiger partial charge is 0.468 e. The molecule has 1 aliphatic heterocycles. The van der Waals surface area contributed by atoms with Crippen LogP contribution >= 0.6 is 11.6 Å². The highest BCUT2D eigenvalue weighted by Gasteiger charge is 2.29. The van der Waals surface area contributed by atoms with Gasteiger partial charge in [0.25, 0.3) is 0 Å². The van der Waals surface area contributed by atoms with E-state index >= 15 is 0 Å². The van der Waals surface area contributed by atoms with E-state index in [2.05, 4.69) is 11.0 Å². The molecule has 0 amide bonds. The van der Waals surface area contributed by atoms with Gasteiger partial charge in [0, 0.05) is 11.6 Å². The van der Waals surface area contributed by atoms with Crippen molar-refractivity contribution in [2.24, 2.45) is 0 Å². The Hall–Kier alpha value is -1.06. The van der Waals surface area contributed by atoms with Crippen LogP contribution in [0, 0.1) is 6.92 Å². The smallest absolute Gasteiger partial charge is 0.323 e. The first-order chi connectivity index (χ1) is 9.11. The molecule has 2 rings (SSSR count). The first kappa shape index (κ1) is 14.4. The molecule has 0 N–H and O–H groups in total. The summed E-state index contributed by atoms with van der Waals surface area (Å²) in [5, 5.41) is 0.772. The average Bonchev–Trinajstić information content (AvgIpc) is 2.41. The zero-order chi connectivity index (χ0) is 13.8. The Morgan fingerprint density at radius 1 is 1.47 bits per heavy atom. The van der Waals surface area contributed by atoms with Crippen molar-refractivity contribution >= 4 is 17.6 Å². The second-order valence-corrected chi connectivity index (χ2v) is 5.51. The molecule has 1 heterocycles. The van der Waals surface area contributed by atoms with E-state index in [0.717, 1.165) is 42.0 Å². The van der Waals surface area contributed by atoms with Crippen LogP contribution in [-0.4, -0.2) is 30.6 Å². The van der Waals surface area contributed by atoms with Gasteiger partial charge < -0.3 is 4.74 Å². The number of aryl methyl sites for hydroxylation is 1. The molecule has 0 unspecified atom stereocenters. The number of likely N-dealkylation sites (tertiary alicyclic amines) is 1. The molecule has 19 heavy (non-hydrogen) atoms. The molecule has 1 atom stereocenters. The second-order valence-electron chi connectivity index (χ2n) is 5.10. The van der Waals surface area contributed by atoms with Crippen molar-refractivity contribution in [3.05, 3.63) is 34.3 Å². The van der Waals surface area contributed by atoms with E-state index in [1.54, 1.807) is 0 Å². The third-order valence-electron chi connectivity index (χ3n) is 3.67. The van der Waals surface area contributed by atoms with Gasteiger partial charge in [0.15, 0.2) is 0 Å². The minimum atomic E-state index is -0.136. The van der Waals surface area contributed by atoms with Crippen LogP contribution in [0.2, 0.25) is 5.02 Å². The Balaban J connectivity index is 2.13. The SMILES string of the molecule is COC(=O)[C@H]1CCCCN1Cc1ccc(C)cc1Cl. The van der Waals surface area contributed by atoms with Gasteiger partial charge in [-0.05, 0) is 43.5 Å². The minimum absolute atomic E-state index is 0.129. The first-order valence-corrected chi connectivity index (χ1v) is 7.06. The summed E-state index contributed by atoms with van der Waals surface area (Å²) in [6.07, 6.45) is 3.07. The van der Waals surface area contributed by atoms with Crippen molar-refractivity contribution < 1.29 is 9.53 Å².